The summed E-state index contributed by atoms with van der Waals surface area (Å²) >= 11 is 3.59. The fraction of sp³-hybridized carbons (Fsp3) is 0.471. The van der Waals surface area contributed by atoms with E-state index in [0.717, 1.165) is 41.4 Å². The van der Waals surface area contributed by atoms with Crippen molar-refractivity contribution in [2.75, 3.05) is 5.75 Å². The maximum Gasteiger partial charge on any atom is 0.254 e. The third-order valence-corrected chi connectivity index (χ3v) is 6.83. The lowest BCUT2D eigenvalue weighted by atomic mass is 10.1. The second kappa shape index (κ2) is 6.32. The van der Waals surface area contributed by atoms with E-state index in [9.17, 15) is 4.79 Å². The number of hydrogen-bond acceptors (Lipinski definition) is 5. The Kier molecular flexibility index (Phi) is 4.20. The Morgan fingerprint density at radius 3 is 3.09 bits per heavy atom. The highest BCUT2D eigenvalue weighted by atomic mass is 32.2. The van der Waals surface area contributed by atoms with Gasteiger partial charge < -0.3 is 4.98 Å². The molecule has 3 heterocycles. The summed E-state index contributed by atoms with van der Waals surface area (Å²) in [6, 6.07) is 2.07. The predicted octanol–water partition coefficient (Wildman–Crippen LogP) is 3.43. The molecule has 0 saturated carbocycles. The minimum atomic E-state index is 0.0488. The van der Waals surface area contributed by atoms with Gasteiger partial charge in [0.1, 0.15) is 0 Å². The molecule has 0 aromatic carbocycles. The summed E-state index contributed by atoms with van der Waals surface area (Å²) < 4.78 is 0. The Balaban J connectivity index is 1.58. The molecule has 0 spiro atoms. The van der Waals surface area contributed by atoms with Crippen LogP contribution in [-0.4, -0.2) is 20.7 Å². The van der Waals surface area contributed by atoms with Gasteiger partial charge in [-0.25, -0.2) is 4.98 Å². The van der Waals surface area contributed by atoms with E-state index in [1.54, 1.807) is 11.8 Å². The zero-order valence-electron chi connectivity index (χ0n) is 13.1. The first-order valence-corrected chi connectivity index (χ1v) is 10.1. The van der Waals surface area contributed by atoms with Crippen molar-refractivity contribution in [1.29, 1.82) is 0 Å². The lowest BCUT2D eigenvalue weighted by Crippen LogP contribution is -2.15. The first-order chi connectivity index (χ1) is 11.2. The Hall–Kier alpha value is -1.27. The molecule has 1 saturated heterocycles. The van der Waals surface area contributed by atoms with Crippen LogP contribution >= 0.6 is 23.5 Å². The molecule has 1 N–H and O–H groups in total. The first kappa shape index (κ1) is 15.3. The number of hydrogen-bond donors (Lipinski definition) is 1. The van der Waals surface area contributed by atoms with Gasteiger partial charge in [-0.2, -0.15) is 11.8 Å². The van der Waals surface area contributed by atoms with Crippen LogP contribution in [0.1, 0.15) is 46.2 Å². The number of thioether (sulfide) groups is 2. The van der Waals surface area contributed by atoms with Crippen LogP contribution in [0.25, 0.3) is 0 Å². The molecular weight excluding hydrogens is 326 g/mol. The number of nitrogens with one attached hydrogen (secondary N) is 1. The second-order valence-corrected chi connectivity index (χ2v) is 8.35. The van der Waals surface area contributed by atoms with Crippen molar-refractivity contribution in [3.8, 4) is 0 Å². The van der Waals surface area contributed by atoms with Crippen LogP contribution in [0.5, 0.6) is 0 Å². The van der Waals surface area contributed by atoms with Crippen molar-refractivity contribution in [1.82, 2.24) is 15.0 Å². The topological polar surface area (TPSA) is 58.6 Å². The van der Waals surface area contributed by atoms with Crippen molar-refractivity contribution < 1.29 is 0 Å². The monoisotopic (exact) mass is 345 g/mol. The zero-order valence-corrected chi connectivity index (χ0v) is 14.7. The largest absolute Gasteiger partial charge is 0.301 e. The molecular formula is C17H19N3OS2. The number of aromatic amines is 1. The van der Waals surface area contributed by atoms with E-state index in [2.05, 4.69) is 27.9 Å². The lowest BCUT2D eigenvalue weighted by molar-refractivity contribution is 0.803. The number of rotatable bonds is 4. The van der Waals surface area contributed by atoms with Gasteiger partial charge in [-0.15, -0.1) is 0 Å². The molecule has 120 valence electrons. The van der Waals surface area contributed by atoms with E-state index in [-0.39, 0.29) is 5.56 Å². The number of fused-ring (bicyclic) bond motifs is 1. The molecule has 1 aliphatic carbocycles. The van der Waals surface area contributed by atoms with Gasteiger partial charge in [-0.05, 0) is 55.6 Å². The van der Waals surface area contributed by atoms with Gasteiger partial charge in [-0.3, -0.25) is 9.78 Å². The van der Waals surface area contributed by atoms with Gasteiger partial charge in [-0.1, -0.05) is 11.8 Å². The number of aryl methyl sites for hydroxylation is 2. The summed E-state index contributed by atoms with van der Waals surface area (Å²) in [6.07, 6.45) is 5.97. The van der Waals surface area contributed by atoms with Gasteiger partial charge in [0.05, 0.1) is 11.4 Å². The Labute approximate surface area is 143 Å². The highest BCUT2D eigenvalue weighted by Gasteiger charge is 2.25. The fourth-order valence-electron chi connectivity index (χ4n) is 3.15. The van der Waals surface area contributed by atoms with Gasteiger partial charge in [0.15, 0.2) is 5.16 Å². The van der Waals surface area contributed by atoms with E-state index in [4.69, 9.17) is 0 Å². The molecule has 1 unspecified atom stereocenters. The molecule has 2 aromatic heterocycles. The standard InChI is InChI=1S/C17H19N3OS2/c1-10-5-7-18-15(14-6-8-22-14)12(10)9-23-17-19-13-4-2-3-11(13)16(21)20-17/h5,7,14H,2-4,6,8-9H2,1H3,(H,19,20,21). The van der Waals surface area contributed by atoms with Crippen LogP contribution in [0.2, 0.25) is 0 Å². The van der Waals surface area contributed by atoms with E-state index in [1.807, 2.05) is 18.0 Å². The Morgan fingerprint density at radius 1 is 1.43 bits per heavy atom. The van der Waals surface area contributed by atoms with Crippen molar-refractivity contribution in [3.63, 3.8) is 0 Å². The SMILES string of the molecule is Cc1ccnc(C2CCS2)c1CSc1nc2c(c(=O)[nH]1)CCC2. The molecule has 0 bridgehead atoms. The summed E-state index contributed by atoms with van der Waals surface area (Å²) in [5, 5.41) is 1.28. The fourth-order valence-corrected chi connectivity index (χ4v) is 4.98. The maximum atomic E-state index is 12.1. The summed E-state index contributed by atoms with van der Waals surface area (Å²) in [5.41, 5.74) is 5.73. The van der Waals surface area contributed by atoms with Crippen LogP contribution in [0.3, 0.4) is 0 Å². The van der Waals surface area contributed by atoms with Crippen molar-refractivity contribution in [3.05, 3.63) is 50.7 Å². The van der Waals surface area contributed by atoms with Crippen LogP contribution in [0.15, 0.2) is 22.2 Å². The molecule has 1 fully saturated rings. The third-order valence-electron chi connectivity index (χ3n) is 4.60. The molecule has 0 radical (unpaired) electrons. The molecule has 23 heavy (non-hydrogen) atoms. The predicted molar refractivity (Wildman–Crippen MR) is 95.2 cm³/mol. The highest BCUT2D eigenvalue weighted by Crippen LogP contribution is 2.43. The third kappa shape index (κ3) is 2.94. The highest BCUT2D eigenvalue weighted by molar-refractivity contribution is 8.00. The molecule has 1 aliphatic heterocycles. The summed E-state index contributed by atoms with van der Waals surface area (Å²) in [6.45, 7) is 2.14. The van der Waals surface area contributed by atoms with E-state index in [1.165, 1.54) is 29.0 Å². The van der Waals surface area contributed by atoms with Crippen LogP contribution in [0, 0.1) is 6.92 Å². The average Bonchev–Trinajstić information content (AvgIpc) is 2.94. The number of aromatic nitrogens is 3. The van der Waals surface area contributed by atoms with Crippen molar-refractivity contribution in [2.24, 2.45) is 0 Å². The lowest BCUT2D eigenvalue weighted by Gasteiger charge is -2.26. The minimum Gasteiger partial charge on any atom is -0.301 e. The molecule has 2 aromatic rings. The second-order valence-electron chi connectivity index (χ2n) is 6.08. The normalized spacial score (nSPS) is 19.4. The van der Waals surface area contributed by atoms with Crippen molar-refractivity contribution in [2.45, 2.75) is 48.8 Å². The average molecular weight is 345 g/mol. The smallest absolute Gasteiger partial charge is 0.254 e. The van der Waals surface area contributed by atoms with Gasteiger partial charge >= 0.3 is 0 Å². The minimum absolute atomic E-state index is 0.0488. The van der Waals surface area contributed by atoms with Crippen LogP contribution in [0.4, 0.5) is 0 Å². The van der Waals surface area contributed by atoms with Gasteiger partial charge in [0, 0.05) is 22.8 Å². The van der Waals surface area contributed by atoms with E-state index >= 15 is 0 Å². The Bertz CT molecular complexity index is 799. The van der Waals surface area contributed by atoms with E-state index < -0.39 is 0 Å². The summed E-state index contributed by atoms with van der Waals surface area (Å²) in [4.78, 5) is 24.3. The molecule has 4 rings (SSSR count). The van der Waals surface area contributed by atoms with Crippen LogP contribution in [-0.2, 0) is 18.6 Å². The first-order valence-electron chi connectivity index (χ1n) is 8.03. The number of pyridine rings is 1. The molecule has 1 atom stereocenters. The molecule has 2 aliphatic rings. The molecule has 6 heteroatoms. The Morgan fingerprint density at radius 2 is 2.30 bits per heavy atom. The molecule has 4 nitrogen and oxygen atoms in total. The molecule has 0 amide bonds. The quantitative estimate of drug-likeness (QED) is 0.679. The summed E-state index contributed by atoms with van der Waals surface area (Å²) in [5.74, 6) is 2.04. The number of H-pyrrole nitrogens is 1. The number of nitrogens with zero attached hydrogens (tertiary/aromatic N) is 2. The summed E-state index contributed by atoms with van der Waals surface area (Å²) in [7, 11) is 0. The van der Waals surface area contributed by atoms with Crippen LogP contribution < -0.4 is 5.56 Å². The van der Waals surface area contributed by atoms with E-state index in [0.29, 0.717) is 5.25 Å². The maximum absolute atomic E-state index is 12.1. The van der Waals surface area contributed by atoms with Gasteiger partial charge in [0.2, 0.25) is 0 Å². The van der Waals surface area contributed by atoms with Crippen molar-refractivity contribution >= 4 is 23.5 Å². The zero-order chi connectivity index (χ0) is 15.8. The van der Waals surface area contributed by atoms with Gasteiger partial charge in [0.25, 0.3) is 5.56 Å².